The van der Waals surface area contributed by atoms with Gasteiger partial charge in [0.25, 0.3) is 0 Å². The van der Waals surface area contributed by atoms with Crippen LogP contribution in [0.2, 0.25) is 0 Å². The predicted octanol–water partition coefficient (Wildman–Crippen LogP) is 3.19. The lowest BCUT2D eigenvalue weighted by molar-refractivity contribution is -0.121. The van der Waals surface area contributed by atoms with Gasteiger partial charge in [-0.1, -0.05) is 0 Å². The predicted molar refractivity (Wildman–Crippen MR) is 92.6 cm³/mol. The lowest BCUT2D eigenvalue weighted by Gasteiger charge is -2.09. The SMILES string of the molecule is COc1ccc(OCCNC(=O)CCCOc2ccc(F)cc2)cc1. The van der Waals surface area contributed by atoms with Crippen molar-refractivity contribution < 1.29 is 23.4 Å². The van der Waals surface area contributed by atoms with Crippen molar-refractivity contribution in [2.45, 2.75) is 12.8 Å². The molecule has 25 heavy (non-hydrogen) atoms. The van der Waals surface area contributed by atoms with E-state index in [2.05, 4.69) is 5.32 Å². The van der Waals surface area contributed by atoms with E-state index in [9.17, 15) is 9.18 Å². The minimum atomic E-state index is -0.302. The largest absolute Gasteiger partial charge is 0.497 e. The van der Waals surface area contributed by atoms with Gasteiger partial charge in [0.1, 0.15) is 29.7 Å². The lowest BCUT2D eigenvalue weighted by Crippen LogP contribution is -2.28. The number of hydrogen-bond donors (Lipinski definition) is 1. The van der Waals surface area contributed by atoms with Crippen LogP contribution in [0.25, 0.3) is 0 Å². The number of halogens is 1. The first-order chi connectivity index (χ1) is 12.2. The summed E-state index contributed by atoms with van der Waals surface area (Å²) in [5, 5.41) is 2.79. The Kier molecular flexibility index (Phi) is 7.56. The molecule has 1 amide bonds. The normalized spacial score (nSPS) is 10.2. The second-order valence-corrected chi connectivity index (χ2v) is 5.28. The molecule has 0 bridgehead atoms. The summed E-state index contributed by atoms with van der Waals surface area (Å²) in [4.78, 5) is 11.7. The second kappa shape index (κ2) is 10.2. The van der Waals surface area contributed by atoms with Crippen LogP contribution in [-0.2, 0) is 4.79 Å². The third kappa shape index (κ3) is 7.12. The first-order valence-electron chi connectivity index (χ1n) is 8.09. The van der Waals surface area contributed by atoms with Crippen LogP contribution in [0.1, 0.15) is 12.8 Å². The number of carbonyl (C=O) groups excluding carboxylic acids is 1. The molecule has 0 saturated carbocycles. The maximum absolute atomic E-state index is 12.7. The number of methoxy groups -OCH3 is 1. The van der Waals surface area contributed by atoms with Gasteiger partial charge < -0.3 is 19.5 Å². The van der Waals surface area contributed by atoms with E-state index in [1.807, 2.05) is 24.3 Å². The van der Waals surface area contributed by atoms with Crippen LogP contribution in [0, 0.1) is 5.82 Å². The Morgan fingerprint density at radius 3 is 2.12 bits per heavy atom. The van der Waals surface area contributed by atoms with E-state index in [0.717, 1.165) is 11.5 Å². The highest BCUT2D eigenvalue weighted by atomic mass is 19.1. The van der Waals surface area contributed by atoms with Gasteiger partial charge in [-0.15, -0.1) is 0 Å². The summed E-state index contributed by atoms with van der Waals surface area (Å²) in [5.41, 5.74) is 0. The van der Waals surface area contributed by atoms with Crippen LogP contribution >= 0.6 is 0 Å². The molecule has 2 rings (SSSR count). The van der Waals surface area contributed by atoms with Gasteiger partial charge in [-0.05, 0) is 55.0 Å². The van der Waals surface area contributed by atoms with Crippen LogP contribution in [0.3, 0.4) is 0 Å². The summed E-state index contributed by atoms with van der Waals surface area (Å²) in [6.07, 6.45) is 0.951. The van der Waals surface area contributed by atoms with Crippen LogP contribution in [0.15, 0.2) is 48.5 Å². The van der Waals surface area contributed by atoms with Crippen molar-refractivity contribution in [3.05, 3.63) is 54.3 Å². The van der Waals surface area contributed by atoms with Gasteiger partial charge in [0, 0.05) is 6.42 Å². The number of carbonyl (C=O) groups is 1. The molecule has 2 aromatic rings. The Bertz CT molecular complexity index is 643. The smallest absolute Gasteiger partial charge is 0.220 e. The fourth-order valence-corrected chi connectivity index (χ4v) is 2.07. The lowest BCUT2D eigenvalue weighted by atomic mass is 10.3. The highest BCUT2D eigenvalue weighted by Crippen LogP contribution is 2.16. The number of amides is 1. The monoisotopic (exact) mass is 347 g/mol. The average Bonchev–Trinajstić information content (AvgIpc) is 2.64. The quantitative estimate of drug-likeness (QED) is 0.671. The van der Waals surface area contributed by atoms with Crippen molar-refractivity contribution in [3.8, 4) is 17.2 Å². The van der Waals surface area contributed by atoms with Crippen LogP contribution in [-0.4, -0.2) is 32.8 Å². The van der Waals surface area contributed by atoms with Gasteiger partial charge in [0.15, 0.2) is 0 Å². The topological polar surface area (TPSA) is 56.8 Å². The summed E-state index contributed by atoms with van der Waals surface area (Å²) in [7, 11) is 1.61. The summed E-state index contributed by atoms with van der Waals surface area (Å²) >= 11 is 0. The number of hydrogen-bond acceptors (Lipinski definition) is 4. The molecular weight excluding hydrogens is 325 g/mol. The first kappa shape index (κ1) is 18.6. The second-order valence-electron chi connectivity index (χ2n) is 5.28. The molecule has 0 saturated heterocycles. The maximum atomic E-state index is 12.7. The summed E-state index contributed by atoms with van der Waals surface area (Å²) < 4.78 is 28.8. The molecule has 0 aliphatic rings. The van der Waals surface area contributed by atoms with E-state index in [1.54, 1.807) is 19.2 Å². The molecule has 0 aromatic heterocycles. The van der Waals surface area contributed by atoms with Crippen molar-refractivity contribution in [1.82, 2.24) is 5.32 Å². The fourth-order valence-electron chi connectivity index (χ4n) is 2.07. The minimum Gasteiger partial charge on any atom is -0.497 e. The van der Waals surface area contributed by atoms with E-state index < -0.39 is 0 Å². The van der Waals surface area contributed by atoms with E-state index in [4.69, 9.17) is 14.2 Å². The summed E-state index contributed by atoms with van der Waals surface area (Å²) in [6, 6.07) is 13.1. The van der Waals surface area contributed by atoms with Crippen molar-refractivity contribution in [2.24, 2.45) is 0 Å². The minimum absolute atomic E-state index is 0.0546. The van der Waals surface area contributed by atoms with E-state index in [-0.39, 0.29) is 11.7 Å². The molecular formula is C19H22FNO4. The van der Waals surface area contributed by atoms with Gasteiger partial charge in [0.2, 0.25) is 5.91 Å². The van der Waals surface area contributed by atoms with Gasteiger partial charge >= 0.3 is 0 Å². The molecule has 1 N–H and O–H groups in total. The average molecular weight is 347 g/mol. The highest BCUT2D eigenvalue weighted by Gasteiger charge is 2.02. The van der Waals surface area contributed by atoms with E-state index >= 15 is 0 Å². The Morgan fingerprint density at radius 1 is 0.920 bits per heavy atom. The molecule has 0 unspecified atom stereocenters. The summed E-state index contributed by atoms with van der Waals surface area (Å²) in [5.74, 6) is 1.73. The number of rotatable bonds is 10. The molecule has 0 aliphatic heterocycles. The fraction of sp³-hybridized carbons (Fsp3) is 0.316. The number of nitrogens with one attached hydrogen (secondary N) is 1. The van der Waals surface area contributed by atoms with Crippen LogP contribution < -0.4 is 19.5 Å². The first-order valence-corrected chi connectivity index (χ1v) is 8.09. The molecule has 0 aliphatic carbocycles. The molecule has 0 radical (unpaired) electrons. The molecule has 6 heteroatoms. The van der Waals surface area contributed by atoms with Crippen LogP contribution in [0.5, 0.6) is 17.2 Å². The van der Waals surface area contributed by atoms with Crippen molar-refractivity contribution in [3.63, 3.8) is 0 Å². The standard InChI is InChI=1S/C19H22FNO4/c1-23-16-8-10-18(11-9-16)25-14-12-21-19(22)3-2-13-24-17-6-4-15(20)5-7-17/h4-11H,2-3,12-14H2,1H3,(H,21,22). The zero-order valence-corrected chi connectivity index (χ0v) is 14.2. The molecule has 0 spiro atoms. The maximum Gasteiger partial charge on any atom is 0.220 e. The molecule has 2 aromatic carbocycles. The molecule has 134 valence electrons. The number of ether oxygens (including phenoxy) is 3. The van der Waals surface area contributed by atoms with E-state index in [1.165, 1.54) is 12.1 Å². The highest BCUT2D eigenvalue weighted by molar-refractivity contribution is 5.75. The Labute approximate surface area is 146 Å². The molecule has 0 atom stereocenters. The van der Waals surface area contributed by atoms with E-state index in [0.29, 0.717) is 38.3 Å². The van der Waals surface area contributed by atoms with Crippen molar-refractivity contribution in [1.29, 1.82) is 0 Å². The Balaban J connectivity index is 1.52. The van der Waals surface area contributed by atoms with Gasteiger partial charge in [-0.25, -0.2) is 4.39 Å². The van der Waals surface area contributed by atoms with Crippen molar-refractivity contribution in [2.75, 3.05) is 26.9 Å². The third-order valence-corrected chi connectivity index (χ3v) is 3.38. The van der Waals surface area contributed by atoms with Crippen molar-refractivity contribution >= 4 is 5.91 Å². The zero-order valence-electron chi connectivity index (χ0n) is 14.2. The number of benzene rings is 2. The summed E-state index contributed by atoms with van der Waals surface area (Å²) in [6.45, 7) is 1.23. The molecule has 0 fully saturated rings. The zero-order chi connectivity index (χ0) is 17.9. The van der Waals surface area contributed by atoms with Gasteiger partial charge in [-0.3, -0.25) is 4.79 Å². The van der Waals surface area contributed by atoms with Gasteiger partial charge in [-0.2, -0.15) is 0 Å². The molecule has 5 nitrogen and oxygen atoms in total. The Morgan fingerprint density at radius 2 is 1.48 bits per heavy atom. The molecule has 0 heterocycles. The van der Waals surface area contributed by atoms with Gasteiger partial charge in [0.05, 0.1) is 20.3 Å². The Hall–Kier alpha value is -2.76. The third-order valence-electron chi connectivity index (χ3n) is 3.38. The van der Waals surface area contributed by atoms with Crippen LogP contribution in [0.4, 0.5) is 4.39 Å².